The molecule has 1 rings (SSSR count). The first kappa shape index (κ1) is 15.0. The highest BCUT2D eigenvalue weighted by Crippen LogP contribution is 2.21. The lowest BCUT2D eigenvalue weighted by Crippen LogP contribution is -2.44. The van der Waals surface area contributed by atoms with Gasteiger partial charge in [-0.3, -0.25) is 10.1 Å². The van der Waals surface area contributed by atoms with E-state index < -0.39 is 18.0 Å². The van der Waals surface area contributed by atoms with Crippen LogP contribution in [0.15, 0.2) is 18.2 Å². The second kappa shape index (κ2) is 6.75. The fourth-order valence-corrected chi connectivity index (χ4v) is 1.47. The van der Waals surface area contributed by atoms with Crippen molar-refractivity contribution in [2.75, 3.05) is 7.05 Å². The third-order valence-corrected chi connectivity index (χ3v) is 2.52. The molecule has 0 spiro atoms. The SMILES string of the molecule is CNC(=O)NC(=O)C(C)Oc1ccc(C)cc1CO. The molecule has 6 heteroatoms. The van der Waals surface area contributed by atoms with Crippen molar-refractivity contribution in [3.8, 4) is 5.75 Å². The van der Waals surface area contributed by atoms with Gasteiger partial charge >= 0.3 is 6.03 Å². The van der Waals surface area contributed by atoms with Crippen molar-refractivity contribution in [2.24, 2.45) is 0 Å². The number of nitrogens with one attached hydrogen (secondary N) is 2. The van der Waals surface area contributed by atoms with E-state index in [1.165, 1.54) is 14.0 Å². The Hall–Kier alpha value is -2.08. The van der Waals surface area contributed by atoms with Gasteiger partial charge in [0.1, 0.15) is 5.75 Å². The Kier molecular flexibility index (Phi) is 5.32. The summed E-state index contributed by atoms with van der Waals surface area (Å²) in [4.78, 5) is 22.6. The highest BCUT2D eigenvalue weighted by Gasteiger charge is 2.18. The van der Waals surface area contributed by atoms with Crippen molar-refractivity contribution in [1.82, 2.24) is 10.6 Å². The molecule has 0 saturated carbocycles. The van der Waals surface area contributed by atoms with E-state index in [0.29, 0.717) is 11.3 Å². The molecule has 0 saturated heterocycles. The summed E-state index contributed by atoms with van der Waals surface area (Å²) in [6.07, 6.45) is -0.842. The second-order valence-electron chi connectivity index (χ2n) is 4.10. The van der Waals surface area contributed by atoms with E-state index in [1.54, 1.807) is 12.1 Å². The van der Waals surface area contributed by atoms with E-state index in [0.717, 1.165) is 5.56 Å². The van der Waals surface area contributed by atoms with Gasteiger partial charge in [0.15, 0.2) is 6.10 Å². The van der Waals surface area contributed by atoms with Crippen molar-refractivity contribution in [2.45, 2.75) is 26.6 Å². The van der Waals surface area contributed by atoms with Gasteiger partial charge in [-0.25, -0.2) is 4.79 Å². The molecule has 0 heterocycles. The molecule has 19 heavy (non-hydrogen) atoms. The van der Waals surface area contributed by atoms with Crippen LogP contribution in [0.5, 0.6) is 5.75 Å². The Balaban J connectivity index is 2.73. The van der Waals surface area contributed by atoms with Gasteiger partial charge in [-0.2, -0.15) is 0 Å². The molecular formula is C13H18N2O4. The van der Waals surface area contributed by atoms with Gasteiger partial charge in [0.2, 0.25) is 0 Å². The van der Waals surface area contributed by atoms with Crippen LogP contribution >= 0.6 is 0 Å². The number of amides is 3. The molecule has 0 fully saturated rings. The molecule has 3 amide bonds. The Bertz CT molecular complexity index is 474. The minimum absolute atomic E-state index is 0.180. The van der Waals surface area contributed by atoms with E-state index >= 15 is 0 Å². The van der Waals surface area contributed by atoms with Crippen LogP contribution in [0.25, 0.3) is 0 Å². The highest BCUT2D eigenvalue weighted by molar-refractivity contribution is 5.96. The van der Waals surface area contributed by atoms with Crippen molar-refractivity contribution in [3.05, 3.63) is 29.3 Å². The van der Waals surface area contributed by atoms with Gasteiger partial charge in [0.05, 0.1) is 6.61 Å². The van der Waals surface area contributed by atoms with Gasteiger partial charge in [0, 0.05) is 12.6 Å². The van der Waals surface area contributed by atoms with Gasteiger partial charge in [-0.05, 0) is 19.9 Å². The summed E-state index contributed by atoms with van der Waals surface area (Å²) in [7, 11) is 1.41. The molecule has 1 unspecified atom stereocenters. The lowest BCUT2D eigenvalue weighted by Gasteiger charge is -2.16. The first-order chi connectivity index (χ1) is 8.97. The number of hydrogen-bond donors (Lipinski definition) is 3. The quantitative estimate of drug-likeness (QED) is 0.749. The number of benzene rings is 1. The maximum atomic E-state index is 11.6. The number of ether oxygens (including phenoxy) is 1. The van der Waals surface area contributed by atoms with Gasteiger partial charge in [0.25, 0.3) is 5.91 Å². The molecular weight excluding hydrogens is 248 g/mol. The van der Waals surface area contributed by atoms with Crippen LogP contribution in [0.4, 0.5) is 4.79 Å². The number of aryl methyl sites for hydroxylation is 1. The van der Waals surface area contributed by atoms with Crippen LogP contribution < -0.4 is 15.4 Å². The summed E-state index contributed by atoms with van der Waals surface area (Å²) in [5.41, 5.74) is 1.58. The van der Waals surface area contributed by atoms with Crippen molar-refractivity contribution in [3.63, 3.8) is 0 Å². The van der Waals surface area contributed by atoms with E-state index in [-0.39, 0.29) is 6.61 Å². The first-order valence-corrected chi connectivity index (χ1v) is 5.87. The van der Waals surface area contributed by atoms with E-state index in [2.05, 4.69) is 10.6 Å². The predicted octanol–water partition coefficient (Wildman–Crippen LogP) is 0.710. The number of hydrogen-bond acceptors (Lipinski definition) is 4. The van der Waals surface area contributed by atoms with E-state index in [9.17, 15) is 14.7 Å². The Labute approximate surface area is 111 Å². The molecule has 1 aromatic carbocycles. The number of carbonyl (C=O) groups excluding carboxylic acids is 2. The second-order valence-corrected chi connectivity index (χ2v) is 4.10. The number of urea groups is 1. The summed E-state index contributed by atoms with van der Waals surface area (Å²) >= 11 is 0. The summed E-state index contributed by atoms with van der Waals surface area (Å²) < 4.78 is 5.45. The summed E-state index contributed by atoms with van der Waals surface area (Å²) in [6, 6.07) is 4.69. The van der Waals surface area contributed by atoms with Crippen LogP contribution in [-0.2, 0) is 11.4 Å². The van der Waals surface area contributed by atoms with Crippen molar-refractivity contribution >= 4 is 11.9 Å². The molecule has 1 atom stereocenters. The topological polar surface area (TPSA) is 87.7 Å². The Morgan fingerprint density at radius 2 is 2.11 bits per heavy atom. The normalized spacial score (nSPS) is 11.6. The first-order valence-electron chi connectivity index (χ1n) is 5.87. The minimum Gasteiger partial charge on any atom is -0.481 e. The average Bonchev–Trinajstić information content (AvgIpc) is 2.40. The standard InChI is InChI=1S/C13H18N2O4/c1-8-4-5-11(10(6-8)7-16)19-9(2)12(17)15-13(18)14-3/h4-6,9,16H,7H2,1-3H3,(H2,14,15,17,18). The van der Waals surface area contributed by atoms with E-state index in [4.69, 9.17) is 4.74 Å². The van der Waals surface area contributed by atoms with Gasteiger partial charge in [-0.15, -0.1) is 0 Å². The molecule has 0 aliphatic heterocycles. The minimum atomic E-state index is -0.842. The third kappa shape index (κ3) is 4.26. The smallest absolute Gasteiger partial charge is 0.321 e. The number of rotatable bonds is 4. The van der Waals surface area contributed by atoms with Crippen LogP contribution in [0.3, 0.4) is 0 Å². The monoisotopic (exact) mass is 266 g/mol. The third-order valence-electron chi connectivity index (χ3n) is 2.52. The van der Waals surface area contributed by atoms with Gasteiger partial charge < -0.3 is 15.2 Å². The largest absolute Gasteiger partial charge is 0.481 e. The zero-order chi connectivity index (χ0) is 14.4. The summed E-state index contributed by atoms with van der Waals surface area (Å²) in [6.45, 7) is 3.24. The van der Waals surface area contributed by atoms with Crippen molar-refractivity contribution in [1.29, 1.82) is 0 Å². The molecule has 0 aliphatic carbocycles. The lowest BCUT2D eigenvalue weighted by atomic mass is 10.1. The lowest BCUT2D eigenvalue weighted by molar-refractivity contribution is -0.126. The fraction of sp³-hybridized carbons (Fsp3) is 0.385. The summed E-state index contributed by atoms with van der Waals surface area (Å²) in [5, 5.41) is 13.6. The number of imide groups is 1. The average molecular weight is 266 g/mol. The summed E-state index contributed by atoms with van der Waals surface area (Å²) in [5.74, 6) is -0.128. The van der Waals surface area contributed by atoms with Crippen LogP contribution in [-0.4, -0.2) is 30.2 Å². The highest BCUT2D eigenvalue weighted by atomic mass is 16.5. The predicted molar refractivity (Wildman–Crippen MR) is 69.8 cm³/mol. The van der Waals surface area contributed by atoms with Crippen LogP contribution in [0, 0.1) is 6.92 Å². The molecule has 0 radical (unpaired) electrons. The molecule has 1 aromatic rings. The van der Waals surface area contributed by atoms with Gasteiger partial charge in [-0.1, -0.05) is 17.7 Å². The number of aliphatic hydroxyl groups excluding tert-OH is 1. The molecule has 3 N–H and O–H groups in total. The number of aliphatic hydroxyl groups is 1. The molecule has 0 bridgehead atoms. The molecule has 0 aliphatic rings. The van der Waals surface area contributed by atoms with Crippen LogP contribution in [0.1, 0.15) is 18.1 Å². The maximum absolute atomic E-state index is 11.6. The molecule has 104 valence electrons. The maximum Gasteiger partial charge on any atom is 0.321 e. The van der Waals surface area contributed by atoms with E-state index in [1.807, 2.05) is 13.0 Å². The fourth-order valence-electron chi connectivity index (χ4n) is 1.47. The molecule has 6 nitrogen and oxygen atoms in total. The van der Waals surface area contributed by atoms with Crippen molar-refractivity contribution < 1.29 is 19.4 Å². The molecule has 0 aromatic heterocycles. The Morgan fingerprint density at radius 3 is 2.68 bits per heavy atom. The zero-order valence-electron chi connectivity index (χ0n) is 11.2. The zero-order valence-corrected chi connectivity index (χ0v) is 11.2. The Morgan fingerprint density at radius 1 is 1.42 bits per heavy atom. The number of carbonyl (C=O) groups is 2. The van der Waals surface area contributed by atoms with Crippen LogP contribution in [0.2, 0.25) is 0 Å².